The number of hydrogen-bond acceptors (Lipinski definition) is 2. The molecule has 0 unspecified atom stereocenters. The van der Waals surface area contributed by atoms with E-state index in [0.717, 1.165) is 5.69 Å². The fourth-order valence-corrected chi connectivity index (χ4v) is 1.89. The molecule has 0 amide bonds. The molecule has 14 heavy (non-hydrogen) atoms. The molecule has 0 aliphatic heterocycles. The Kier molecular flexibility index (Phi) is 3.00. The molecule has 0 bridgehead atoms. The van der Waals surface area contributed by atoms with E-state index in [1.165, 1.54) is 0 Å². The molecule has 0 saturated heterocycles. The van der Waals surface area contributed by atoms with Crippen molar-refractivity contribution in [1.82, 2.24) is 9.78 Å². The van der Waals surface area contributed by atoms with Gasteiger partial charge in [-0.15, -0.1) is 0 Å². The fraction of sp³-hybridized carbons (Fsp3) is 0.727. The van der Waals surface area contributed by atoms with Crippen LogP contribution in [0.25, 0.3) is 0 Å². The molecule has 3 nitrogen and oxygen atoms in total. The van der Waals surface area contributed by atoms with Crippen LogP contribution in [0, 0.1) is 11.8 Å². The van der Waals surface area contributed by atoms with Gasteiger partial charge in [0.15, 0.2) is 0 Å². The number of aliphatic hydroxyl groups is 1. The van der Waals surface area contributed by atoms with Gasteiger partial charge < -0.3 is 5.11 Å². The van der Waals surface area contributed by atoms with Crippen LogP contribution in [0.1, 0.15) is 33.4 Å². The first kappa shape index (κ1) is 11.2. The Hall–Kier alpha value is -0.830. The minimum absolute atomic E-state index is 0.164. The first-order valence-corrected chi connectivity index (χ1v) is 5.11. The average Bonchev–Trinajstić information content (AvgIpc) is 2.49. The maximum atomic E-state index is 10.6. The molecule has 0 atom stereocenters. The number of aryl methyl sites for hydroxylation is 1. The quantitative estimate of drug-likeness (QED) is 0.802. The van der Waals surface area contributed by atoms with Crippen molar-refractivity contribution in [2.75, 3.05) is 0 Å². The normalized spacial score (nSPS) is 12.9. The fourth-order valence-electron chi connectivity index (χ4n) is 1.89. The van der Waals surface area contributed by atoms with Crippen molar-refractivity contribution in [1.29, 1.82) is 0 Å². The van der Waals surface area contributed by atoms with Crippen molar-refractivity contribution in [3.63, 3.8) is 0 Å². The molecule has 1 rings (SSSR count). The third-order valence-corrected chi connectivity index (χ3v) is 2.88. The first-order chi connectivity index (χ1) is 6.39. The maximum absolute atomic E-state index is 10.6. The van der Waals surface area contributed by atoms with Gasteiger partial charge in [0.25, 0.3) is 0 Å². The highest BCUT2D eigenvalue weighted by atomic mass is 16.3. The average molecular weight is 196 g/mol. The Bertz CT molecular complexity index is 294. The van der Waals surface area contributed by atoms with Crippen LogP contribution < -0.4 is 0 Å². The zero-order valence-corrected chi connectivity index (χ0v) is 9.65. The molecular weight excluding hydrogens is 176 g/mol. The summed E-state index contributed by atoms with van der Waals surface area (Å²) in [6.45, 7) is 8.09. The van der Waals surface area contributed by atoms with Crippen LogP contribution in [0.5, 0.6) is 0 Å². The summed E-state index contributed by atoms with van der Waals surface area (Å²) in [5, 5.41) is 14.9. The van der Waals surface area contributed by atoms with Crippen molar-refractivity contribution in [2.45, 2.75) is 33.3 Å². The summed E-state index contributed by atoms with van der Waals surface area (Å²) in [5.41, 5.74) is -0.0497. The largest absolute Gasteiger partial charge is 0.383 e. The molecule has 1 N–H and O–H groups in total. The van der Waals surface area contributed by atoms with E-state index < -0.39 is 5.60 Å². The first-order valence-electron chi connectivity index (χ1n) is 5.11. The second-order valence-corrected chi connectivity index (χ2v) is 4.51. The van der Waals surface area contributed by atoms with Crippen molar-refractivity contribution < 1.29 is 5.11 Å². The summed E-state index contributed by atoms with van der Waals surface area (Å²) >= 11 is 0. The third kappa shape index (κ3) is 1.69. The molecule has 0 fully saturated rings. The van der Waals surface area contributed by atoms with E-state index in [1.807, 2.05) is 47.0 Å². The summed E-state index contributed by atoms with van der Waals surface area (Å²) in [4.78, 5) is 0. The van der Waals surface area contributed by atoms with E-state index in [9.17, 15) is 5.11 Å². The number of nitrogens with zero attached hydrogens (tertiary/aromatic N) is 2. The second kappa shape index (κ2) is 3.73. The highest BCUT2D eigenvalue weighted by Gasteiger charge is 2.38. The monoisotopic (exact) mass is 196 g/mol. The van der Waals surface area contributed by atoms with Crippen LogP contribution in [0.15, 0.2) is 12.3 Å². The van der Waals surface area contributed by atoms with Gasteiger partial charge in [-0.3, -0.25) is 4.68 Å². The van der Waals surface area contributed by atoms with Crippen molar-refractivity contribution >= 4 is 0 Å². The lowest BCUT2D eigenvalue weighted by Crippen LogP contribution is -2.38. The van der Waals surface area contributed by atoms with E-state index >= 15 is 0 Å². The molecule has 3 heteroatoms. The van der Waals surface area contributed by atoms with Crippen molar-refractivity contribution in [3.8, 4) is 0 Å². The Labute approximate surface area is 85.8 Å². The standard InChI is InChI=1S/C11H20N2O/c1-8(2)11(14,9(3)4)10-6-7-13(5)12-10/h6-9,14H,1-5H3. The van der Waals surface area contributed by atoms with Gasteiger partial charge in [-0.25, -0.2) is 0 Å². The minimum Gasteiger partial charge on any atom is -0.383 e. The highest BCUT2D eigenvalue weighted by molar-refractivity contribution is 5.12. The summed E-state index contributed by atoms with van der Waals surface area (Å²) in [5.74, 6) is 0.329. The van der Waals surface area contributed by atoms with E-state index in [2.05, 4.69) is 5.10 Å². The van der Waals surface area contributed by atoms with E-state index in [4.69, 9.17) is 0 Å². The van der Waals surface area contributed by atoms with Gasteiger partial charge in [-0.05, 0) is 17.9 Å². The molecule has 0 spiro atoms. The van der Waals surface area contributed by atoms with Crippen molar-refractivity contribution in [2.24, 2.45) is 18.9 Å². The molecule has 1 aromatic rings. The molecule has 0 saturated carbocycles. The van der Waals surface area contributed by atoms with Crippen LogP contribution in [0.4, 0.5) is 0 Å². The molecule has 1 aromatic heterocycles. The summed E-state index contributed by atoms with van der Waals surface area (Å²) < 4.78 is 1.73. The zero-order chi connectivity index (χ0) is 10.9. The molecule has 0 aliphatic rings. The minimum atomic E-state index is -0.818. The molecule has 0 aromatic carbocycles. The van der Waals surface area contributed by atoms with Crippen LogP contribution in [0.2, 0.25) is 0 Å². The van der Waals surface area contributed by atoms with Gasteiger partial charge in [0.05, 0.1) is 5.69 Å². The number of rotatable bonds is 3. The topological polar surface area (TPSA) is 38.0 Å². The lowest BCUT2D eigenvalue weighted by molar-refractivity contribution is -0.0572. The van der Waals surface area contributed by atoms with Gasteiger partial charge in [-0.1, -0.05) is 27.7 Å². The lowest BCUT2D eigenvalue weighted by Gasteiger charge is -2.34. The van der Waals surface area contributed by atoms with E-state index in [0.29, 0.717) is 0 Å². The number of aromatic nitrogens is 2. The molecule has 1 heterocycles. The number of hydrogen-bond donors (Lipinski definition) is 1. The molecule has 0 aliphatic carbocycles. The van der Waals surface area contributed by atoms with Gasteiger partial charge in [0.2, 0.25) is 0 Å². The lowest BCUT2D eigenvalue weighted by atomic mass is 9.78. The Morgan fingerprint density at radius 1 is 1.29 bits per heavy atom. The SMILES string of the molecule is CC(C)C(O)(c1ccn(C)n1)C(C)C. The summed E-state index contributed by atoms with van der Waals surface area (Å²) in [7, 11) is 1.87. The molecule has 80 valence electrons. The zero-order valence-electron chi connectivity index (χ0n) is 9.65. The van der Waals surface area contributed by atoms with Gasteiger partial charge in [0.1, 0.15) is 5.60 Å². The molecular formula is C11H20N2O. The smallest absolute Gasteiger partial charge is 0.113 e. The highest BCUT2D eigenvalue weighted by Crippen LogP contribution is 2.35. The second-order valence-electron chi connectivity index (χ2n) is 4.51. The van der Waals surface area contributed by atoms with Crippen molar-refractivity contribution in [3.05, 3.63) is 18.0 Å². The van der Waals surface area contributed by atoms with Gasteiger partial charge >= 0.3 is 0 Å². The third-order valence-electron chi connectivity index (χ3n) is 2.88. The predicted molar refractivity (Wildman–Crippen MR) is 56.8 cm³/mol. The Morgan fingerprint density at radius 3 is 2.07 bits per heavy atom. The van der Waals surface area contributed by atoms with Crippen LogP contribution in [0.3, 0.4) is 0 Å². The van der Waals surface area contributed by atoms with Crippen LogP contribution in [-0.4, -0.2) is 14.9 Å². The summed E-state index contributed by atoms with van der Waals surface area (Å²) in [6, 6.07) is 1.89. The van der Waals surface area contributed by atoms with Gasteiger partial charge in [0, 0.05) is 13.2 Å². The molecule has 0 radical (unpaired) electrons. The van der Waals surface area contributed by atoms with Crippen LogP contribution >= 0.6 is 0 Å². The summed E-state index contributed by atoms with van der Waals surface area (Å²) in [6.07, 6.45) is 1.87. The predicted octanol–water partition coefficient (Wildman–Crippen LogP) is 1.92. The van der Waals surface area contributed by atoms with Gasteiger partial charge in [-0.2, -0.15) is 5.10 Å². The van der Waals surface area contributed by atoms with E-state index in [1.54, 1.807) is 4.68 Å². The van der Waals surface area contributed by atoms with E-state index in [-0.39, 0.29) is 11.8 Å². The maximum Gasteiger partial charge on any atom is 0.113 e. The Morgan fingerprint density at radius 2 is 1.79 bits per heavy atom. The van der Waals surface area contributed by atoms with Crippen LogP contribution in [-0.2, 0) is 12.6 Å². The Balaban J connectivity index is 3.12.